The number of aromatic nitrogens is 3. The van der Waals surface area contributed by atoms with Gasteiger partial charge in [-0.2, -0.15) is 0 Å². The third kappa shape index (κ3) is 4.99. The second-order valence-electron chi connectivity index (χ2n) is 5.82. The molecule has 7 nitrogen and oxygen atoms in total. The van der Waals surface area contributed by atoms with Gasteiger partial charge in [0.2, 0.25) is 11.0 Å². The molecule has 0 saturated heterocycles. The summed E-state index contributed by atoms with van der Waals surface area (Å²) in [5.74, 6) is 0.916. The number of nitrogens with zero attached hydrogens (tertiary/aromatic N) is 3. The van der Waals surface area contributed by atoms with E-state index in [1.807, 2.05) is 6.92 Å². The average Bonchev–Trinajstić information content (AvgIpc) is 2.97. The van der Waals surface area contributed by atoms with Crippen LogP contribution in [0.5, 0.6) is 0 Å². The standard InChI is InChI=1S/C13H19N5O2S2/c1-7-6-9(18-20-7)14-10(19)8(2)21-12-17-16-11(22-12)15-13(3,4)5/h6,8H,1-5H3,(H,15,16)(H,14,18,19)/t8-/m1/s1. The fourth-order valence-corrected chi connectivity index (χ4v) is 3.59. The molecule has 2 aromatic rings. The summed E-state index contributed by atoms with van der Waals surface area (Å²) in [5.41, 5.74) is -0.0741. The highest BCUT2D eigenvalue weighted by atomic mass is 32.2. The van der Waals surface area contributed by atoms with Crippen molar-refractivity contribution in [3.8, 4) is 0 Å². The van der Waals surface area contributed by atoms with Crippen LogP contribution in [0.2, 0.25) is 0 Å². The number of carbonyl (C=O) groups is 1. The fraction of sp³-hybridized carbons (Fsp3) is 0.538. The van der Waals surface area contributed by atoms with Gasteiger partial charge in [-0.15, -0.1) is 10.2 Å². The van der Waals surface area contributed by atoms with E-state index in [0.29, 0.717) is 11.6 Å². The van der Waals surface area contributed by atoms with Crippen molar-refractivity contribution in [1.29, 1.82) is 0 Å². The van der Waals surface area contributed by atoms with E-state index in [0.717, 1.165) is 9.47 Å². The van der Waals surface area contributed by atoms with E-state index in [9.17, 15) is 4.79 Å². The first kappa shape index (κ1) is 16.8. The maximum absolute atomic E-state index is 12.1. The molecule has 2 N–H and O–H groups in total. The molecule has 22 heavy (non-hydrogen) atoms. The summed E-state index contributed by atoms with van der Waals surface area (Å²) in [6.07, 6.45) is 0. The highest BCUT2D eigenvalue weighted by molar-refractivity contribution is 8.02. The molecule has 0 spiro atoms. The van der Waals surface area contributed by atoms with Gasteiger partial charge in [0.15, 0.2) is 10.2 Å². The monoisotopic (exact) mass is 341 g/mol. The minimum absolute atomic E-state index is 0.0741. The van der Waals surface area contributed by atoms with Gasteiger partial charge < -0.3 is 15.2 Å². The average molecular weight is 341 g/mol. The lowest BCUT2D eigenvalue weighted by Gasteiger charge is -2.18. The molecule has 2 aromatic heterocycles. The van der Waals surface area contributed by atoms with Crippen molar-refractivity contribution >= 4 is 40.0 Å². The molecule has 1 atom stereocenters. The first-order chi connectivity index (χ1) is 10.2. The summed E-state index contributed by atoms with van der Waals surface area (Å²) in [6.45, 7) is 9.74. The molecule has 0 saturated carbocycles. The Bertz CT molecular complexity index is 647. The number of carbonyl (C=O) groups excluding carboxylic acids is 1. The second kappa shape index (κ2) is 6.66. The lowest BCUT2D eigenvalue weighted by Crippen LogP contribution is -2.25. The Hall–Kier alpha value is -1.61. The highest BCUT2D eigenvalue weighted by Gasteiger charge is 2.19. The molecule has 0 aliphatic heterocycles. The molecule has 0 aliphatic rings. The summed E-state index contributed by atoms with van der Waals surface area (Å²) in [5, 5.41) is 18.3. The Morgan fingerprint density at radius 2 is 2.14 bits per heavy atom. The van der Waals surface area contributed by atoms with Gasteiger partial charge in [-0.05, 0) is 34.6 Å². The number of hydrogen-bond donors (Lipinski definition) is 2. The largest absolute Gasteiger partial charge is 0.360 e. The summed E-state index contributed by atoms with van der Waals surface area (Å²) in [6, 6.07) is 1.67. The van der Waals surface area contributed by atoms with Crippen molar-refractivity contribution in [3.05, 3.63) is 11.8 Å². The second-order valence-corrected chi connectivity index (χ2v) is 8.39. The third-order valence-corrected chi connectivity index (χ3v) is 4.44. The van der Waals surface area contributed by atoms with Gasteiger partial charge in [-0.1, -0.05) is 28.3 Å². The number of rotatable bonds is 5. The van der Waals surface area contributed by atoms with Crippen LogP contribution in [-0.4, -0.2) is 32.1 Å². The summed E-state index contributed by atoms with van der Waals surface area (Å²) in [7, 11) is 0. The zero-order chi connectivity index (χ0) is 16.3. The van der Waals surface area contributed by atoms with Crippen LogP contribution >= 0.6 is 23.1 Å². The predicted octanol–water partition coefficient (Wildman–Crippen LogP) is 3.16. The van der Waals surface area contributed by atoms with Crippen LogP contribution in [0.1, 0.15) is 33.5 Å². The van der Waals surface area contributed by atoms with Crippen molar-refractivity contribution in [2.75, 3.05) is 10.6 Å². The number of anilines is 2. The van der Waals surface area contributed by atoms with Crippen LogP contribution in [0.25, 0.3) is 0 Å². The maximum atomic E-state index is 12.1. The lowest BCUT2D eigenvalue weighted by atomic mass is 10.1. The highest BCUT2D eigenvalue weighted by Crippen LogP contribution is 2.30. The Kier molecular flexibility index (Phi) is 5.07. The molecule has 0 aliphatic carbocycles. The molecule has 0 unspecified atom stereocenters. The smallest absolute Gasteiger partial charge is 0.238 e. The summed E-state index contributed by atoms with van der Waals surface area (Å²) >= 11 is 2.79. The third-order valence-electron chi connectivity index (χ3n) is 2.41. The van der Waals surface area contributed by atoms with Gasteiger partial charge >= 0.3 is 0 Å². The zero-order valence-electron chi connectivity index (χ0n) is 13.1. The van der Waals surface area contributed by atoms with E-state index >= 15 is 0 Å². The molecule has 0 aromatic carbocycles. The number of thioether (sulfide) groups is 1. The van der Waals surface area contributed by atoms with Gasteiger partial charge in [-0.25, -0.2) is 0 Å². The summed E-state index contributed by atoms with van der Waals surface area (Å²) < 4.78 is 5.65. The maximum Gasteiger partial charge on any atom is 0.238 e. The van der Waals surface area contributed by atoms with Crippen LogP contribution in [0.3, 0.4) is 0 Å². The van der Waals surface area contributed by atoms with Crippen molar-refractivity contribution in [2.24, 2.45) is 0 Å². The van der Waals surface area contributed by atoms with Crippen molar-refractivity contribution < 1.29 is 9.32 Å². The van der Waals surface area contributed by atoms with Gasteiger partial charge in [0.25, 0.3) is 0 Å². The quantitative estimate of drug-likeness (QED) is 0.807. The van der Waals surface area contributed by atoms with Crippen LogP contribution in [0, 0.1) is 6.92 Å². The Labute approximate surface area is 137 Å². The van der Waals surface area contributed by atoms with Crippen LogP contribution < -0.4 is 10.6 Å². The first-order valence-electron chi connectivity index (χ1n) is 6.75. The van der Waals surface area contributed by atoms with Gasteiger partial charge in [0.05, 0.1) is 5.25 Å². The predicted molar refractivity (Wildman–Crippen MR) is 88.5 cm³/mol. The Balaban J connectivity index is 1.91. The minimum Gasteiger partial charge on any atom is -0.360 e. The topological polar surface area (TPSA) is 92.9 Å². The molecule has 9 heteroatoms. The molecular formula is C13H19N5O2S2. The summed E-state index contributed by atoms with van der Waals surface area (Å²) in [4.78, 5) is 12.1. The van der Waals surface area contributed by atoms with E-state index in [4.69, 9.17) is 4.52 Å². The van der Waals surface area contributed by atoms with Gasteiger partial charge in [-0.3, -0.25) is 4.79 Å². The van der Waals surface area contributed by atoms with E-state index < -0.39 is 0 Å². The molecular weight excluding hydrogens is 322 g/mol. The van der Waals surface area contributed by atoms with Crippen molar-refractivity contribution in [3.63, 3.8) is 0 Å². The van der Waals surface area contributed by atoms with Crippen LogP contribution in [-0.2, 0) is 4.79 Å². The molecule has 1 amide bonds. The molecule has 2 heterocycles. The number of aryl methyl sites for hydroxylation is 1. The first-order valence-corrected chi connectivity index (χ1v) is 8.45. The molecule has 0 fully saturated rings. The molecule has 0 radical (unpaired) electrons. The van der Waals surface area contributed by atoms with Crippen molar-refractivity contribution in [2.45, 2.75) is 49.7 Å². The molecule has 0 bridgehead atoms. The molecule has 120 valence electrons. The number of nitrogens with one attached hydrogen (secondary N) is 2. The van der Waals surface area contributed by atoms with Crippen LogP contribution in [0.4, 0.5) is 10.9 Å². The van der Waals surface area contributed by atoms with E-state index in [-0.39, 0.29) is 16.7 Å². The number of hydrogen-bond acceptors (Lipinski definition) is 8. The Morgan fingerprint density at radius 3 is 2.73 bits per heavy atom. The molecule has 2 rings (SSSR count). The SMILES string of the molecule is Cc1cc(NC(=O)[C@@H](C)Sc2nnc(NC(C)(C)C)s2)no1. The van der Waals surface area contributed by atoms with Gasteiger partial charge in [0, 0.05) is 11.6 Å². The normalized spacial score (nSPS) is 13.0. The lowest BCUT2D eigenvalue weighted by molar-refractivity contribution is -0.115. The van der Waals surface area contributed by atoms with E-state index in [1.165, 1.54) is 23.1 Å². The zero-order valence-corrected chi connectivity index (χ0v) is 14.8. The minimum atomic E-state index is -0.313. The Morgan fingerprint density at radius 1 is 1.41 bits per heavy atom. The fourth-order valence-electron chi connectivity index (χ4n) is 1.49. The van der Waals surface area contributed by atoms with Crippen LogP contribution in [0.15, 0.2) is 14.9 Å². The van der Waals surface area contributed by atoms with E-state index in [1.54, 1.807) is 13.0 Å². The number of amides is 1. The van der Waals surface area contributed by atoms with Crippen molar-refractivity contribution in [1.82, 2.24) is 15.4 Å². The van der Waals surface area contributed by atoms with E-state index in [2.05, 4.69) is 46.8 Å². The van der Waals surface area contributed by atoms with Gasteiger partial charge in [0.1, 0.15) is 5.76 Å².